The van der Waals surface area contributed by atoms with Crippen molar-refractivity contribution in [2.45, 2.75) is 245 Å². The van der Waals surface area contributed by atoms with Crippen molar-refractivity contribution in [2.75, 3.05) is 0 Å². The molecule has 0 aromatic carbocycles. The molecule has 0 amide bonds. The number of unbranched alkanes of at least 4 members (excludes halogenated alkanes) is 32. The van der Waals surface area contributed by atoms with E-state index in [9.17, 15) is 19.8 Å². The van der Waals surface area contributed by atoms with Crippen molar-refractivity contribution in [2.24, 2.45) is 0 Å². The predicted molar refractivity (Wildman–Crippen MR) is 193 cm³/mol. The molecule has 0 saturated carbocycles. The van der Waals surface area contributed by atoms with Crippen molar-refractivity contribution in [3.8, 4) is 0 Å². The molecular formula is C40H78MgO4. The number of carbonyl (C=O) groups excluding carboxylic acids is 2. The van der Waals surface area contributed by atoms with E-state index in [0.29, 0.717) is 0 Å². The number of carboxylic acids is 2. The van der Waals surface area contributed by atoms with E-state index in [1.807, 2.05) is 0 Å². The van der Waals surface area contributed by atoms with E-state index in [1.54, 1.807) is 0 Å². The van der Waals surface area contributed by atoms with Gasteiger partial charge in [0.25, 0.3) is 0 Å². The molecule has 0 unspecified atom stereocenters. The van der Waals surface area contributed by atoms with Crippen LogP contribution in [0, 0.1) is 0 Å². The fraction of sp³-hybridized carbons (Fsp3) is 0.950. The first kappa shape index (κ1) is 49.1. The summed E-state index contributed by atoms with van der Waals surface area (Å²) in [4.78, 5) is 20.5. The van der Waals surface area contributed by atoms with Gasteiger partial charge in [0, 0.05) is 11.9 Å². The van der Waals surface area contributed by atoms with Crippen LogP contribution in [0.5, 0.6) is 0 Å². The van der Waals surface area contributed by atoms with Crippen LogP contribution in [-0.2, 0) is 9.59 Å². The summed E-state index contributed by atoms with van der Waals surface area (Å²) in [5.41, 5.74) is 0. The van der Waals surface area contributed by atoms with Crippen LogP contribution in [-0.4, -0.2) is 35.0 Å². The van der Waals surface area contributed by atoms with Gasteiger partial charge in [-0.05, 0) is 25.7 Å². The summed E-state index contributed by atoms with van der Waals surface area (Å²) in [6.07, 6.45) is 45.6. The number of carboxylic acid groups (broad SMARTS) is 2. The van der Waals surface area contributed by atoms with Crippen molar-refractivity contribution in [3.05, 3.63) is 0 Å². The zero-order valence-electron chi connectivity index (χ0n) is 30.8. The van der Waals surface area contributed by atoms with Crippen LogP contribution < -0.4 is 10.2 Å². The predicted octanol–water partition coefficient (Wildman–Crippen LogP) is 11.2. The molecule has 0 atom stereocenters. The van der Waals surface area contributed by atoms with E-state index < -0.39 is 11.9 Å². The fourth-order valence-electron chi connectivity index (χ4n) is 5.99. The Morgan fingerprint density at radius 3 is 0.556 bits per heavy atom. The van der Waals surface area contributed by atoms with Gasteiger partial charge >= 0.3 is 23.1 Å². The Morgan fingerprint density at radius 2 is 0.422 bits per heavy atom. The average molecular weight is 647 g/mol. The summed E-state index contributed by atoms with van der Waals surface area (Å²) in [6, 6.07) is 0. The first-order valence-electron chi connectivity index (χ1n) is 19.9. The van der Waals surface area contributed by atoms with Crippen LogP contribution in [0.4, 0.5) is 0 Å². The summed E-state index contributed by atoms with van der Waals surface area (Å²) in [5.74, 6) is -1.80. The molecule has 0 aromatic heterocycles. The molecule has 0 saturated heterocycles. The first-order valence-corrected chi connectivity index (χ1v) is 19.9. The summed E-state index contributed by atoms with van der Waals surface area (Å²) in [7, 11) is 0. The zero-order valence-corrected chi connectivity index (χ0v) is 32.2. The third kappa shape index (κ3) is 53.5. The van der Waals surface area contributed by atoms with Gasteiger partial charge in [-0.25, -0.2) is 0 Å². The number of aliphatic carboxylic acids is 2. The summed E-state index contributed by atoms with van der Waals surface area (Å²) < 4.78 is 0. The largest absolute Gasteiger partial charge is 2.00 e. The second-order valence-electron chi connectivity index (χ2n) is 13.6. The normalized spacial score (nSPS) is 10.7. The molecule has 0 aliphatic rings. The molecular weight excluding hydrogens is 569 g/mol. The van der Waals surface area contributed by atoms with Crippen LogP contribution in [0.2, 0.25) is 0 Å². The molecule has 0 heterocycles. The second-order valence-corrected chi connectivity index (χ2v) is 13.6. The van der Waals surface area contributed by atoms with Crippen LogP contribution in [0.3, 0.4) is 0 Å². The van der Waals surface area contributed by atoms with Gasteiger partial charge < -0.3 is 19.8 Å². The van der Waals surface area contributed by atoms with Gasteiger partial charge in [-0.15, -0.1) is 0 Å². The van der Waals surface area contributed by atoms with Crippen LogP contribution in [0.25, 0.3) is 0 Å². The minimum Gasteiger partial charge on any atom is -0.550 e. The van der Waals surface area contributed by atoms with Crippen molar-refractivity contribution in [1.29, 1.82) is 0 Å². The molecule has 45 heavy (non-hydrogen) atoms. The molecule has 4 nitrogen and oxygen atoms in total. The van der Waals surface area contributed by atoms with Gasteiger partial charge in [0.15, 0.2) is 0 Å². The van der Waals surface area contributed by atoms with Crippen molar-refractivity contribution >= 4 is 35.0 Å². The monoisotopic (exact) mass is 647 g/mol. The molecule has 0 aliphatic heterocycles. The topological polar surface area (TPSA) is 80.3 Å². The molecule has 264 valence electrons. The van der Waals surface area contributed by atoms with E-state index in [0.717, 1.165) is 25.7 Å². The third-order valence-corrected chi connectivity index (χ3v) is 8.97. The Kier molecular flexibility index (Phi) is 50.0. The Labute approximate surface area is 298 Å². The summed E-state index contributed by atoms with van der Waals surface area (Å²) in [6.45, 7) is 4.55. The minimum absolute atomic E-state index is 0. The smallest absolute Gasteiger partial charge is 0.550 e. The Balaban J connectivity index is -0.000000767. The van der Waals surface area contributed by atoms with E-state index in [1.165, 1.54) is 193 Å². The standard InChI is InChI=1S/2C20H40O2.Mg/c2*1-2-3-4-5-6-7-8-9-10-11-12-13-14-15-16-17-18-19-20(21)22;/h2*2-19H2,1H3,(H,21,22);/q;;+2/p-2. The fourth-order valence-corrected chi connectivity index (χ4v) is 5.99. The quantitative estimate of drug-likeness (QED) is 0.0501. The van der Waals surface area contributed by atoms with Gasteiger partial charge in [-0.1, -0.05) is 219 Å². The maximum Gasteiger partial charge on any atom is 2.00 e. The van der Waals surface area contributed by atoms with Crippen LogP contribution >= 0.6 is 0 Å². The zero-order chi connectivity index (χ0) is 32.6. The molecule has 5 heteroatoms. The second kappa shape index (κ2) is 45.8. The number of hydrogen-bond donors (Lipinski definition) is 0. The average Bonchev–Trinajstić information content (AvgIpc) is 3.00. The summed E-state index contributed by atoms with van der Waals surface area (Å²) in [5, 5.41) is 20.5. The molecule has 0 bridgehead atoms. The SMILES string of the molecule is CCCCCCCCCCCCCCCCCCCC(=O)[O-].CCCCCCCCCCCCCCCCCCCC(=O)[O-].[Mg+2]. The van der Waals surface area contributed by atoms with Gasteiger partial charge in [-0.3, -0.25) is 0 Å². The number of carbonyl (C=O) groups is 2. The molecule has 0 radical (unpaired) electrons. The molecule has 0 fully saturated rings. The molecule has 0 aliphatic carbocycles. The van der Waals surface area contributed by atoms with Crippen LogP contribution in [0.1, 0.15) is 245 Å². The number of rotatable bonds is 36. The van der Waals surface area contributed by atoms with Crippen molar-refractivity contribution < 1.29 is 19.8 Å². The van der Waals surface area contributed by atoms with Gasteiger partial charge in [0.05, 0.1) is 0 Å². The van der Waals surface area contributed by atoms with E-state index >= 15 is 0 Å². The maximum atomic E-state index is 10.2. The van der Waals surface area contributed by atoms with Crippen molar-refractivity contribution in [1.82, 2.24) is 0 Å². The maximum absolute atomic E-state index is 10.2. The Morgan fingerprint density at radius 1 is 0.289 bits per heavy atom. The Bertz CT molecular complexity index is 506. The summed E-state index contributed by atoms with van der Waals surface area (Å²) >= 11 is 0. The minimum atomic E-state index is -0.902. The van der Waals surface area contributed by atoms with E-state index in [2.05, 4.69) is 13.8 Å². The third-order valence-electron chi connectivity index (χ3n) is 8.97. The number of hydrogen-bond acceptors (Lipinski definition) is 4. The molecule has 0 aromatic rings. The Hall–Kier alpha value is -0.294. The first-order chi connectivity index (χ1) is 21.5. The molecule has 0 spiro atoms. The van der Waals surface area contributed by atoms with E-state index in [-0.39, 0.29) is 35.9 Å². The van der Waals surface area contributed by atoms with Gasteiger partial charge in [0.2, 0.25) is 0 Å². The van der Waals surface area contributed by atoms with Gasteiger partial charge in [0.1, 0.15) is 0 Å². The molecule has 0 N–H and O–H groups in total. The van der Waals surface area contributed by atoms with Gasteiger partial charge in [-0.2, -0.15) is 0 Å². The molecule has 0 rings (SSSR count). The van der Waals surface area contributed by atoms with Crippen molar-refractivity contribution in [3.63, 3.8) is 0 Å². The van der Waals surface area contributed by atoms with E-state index in [4.69, 9.17) is 0 Å². The van der Waals surface area contributed by atoms with Crippen LogP contribution in [0.15, 0.2) is 0 Å².